The lowest BCUT2D eigenvalue weighted by Crippen LogP contribution is -2.38. The zero-order valence-electron chi connectivity index (χ0n) is 15.0. The van der Waals surface area contributed by atoms with Crippen molar-refractivity contribution in [3.8, 4) is 0 Å². The molecule has 1 aromatic carbocycles. The Morgan fingerprint density at radius 1 is 1.07 bits per heavy atom. The molecule has 1 unspecified atom stereocenters. The Morgan fingerprint density at radius 3 is 2.63 bits per heavy atom. The summed E-state index contributed by atoms with van der Waals surface area (Å²) < 4.78 is 0. The van der Waals surface area contributed by atoms with Gasteiger partial charge in [-0.2, -0.15) is 5.10 Å². The van der Waals surface area contributed by atoms with Crippen LogP contribution in [0.4, 0.5) is 0 Å². The number of amides is 1. The Hall–Kier alpha value is -3.47. The predicted octanol–water partition coefficient (Wildman–Crippen LogP) is 3.86. The molecular formula is C22H20N4O. The van der Waals surface area contributed by atoms with Gasteiger partial charge >= 0.3 is 0 Å². The third-order valence-electron chi connectivity index (χ3n) is 5.00. The first-order valence-corrected chi connectivity index (χ1v) is 8.85. The fourth-order valence-electron chi connectivity index (χ4n) is 3.43. The van der Waals surface area contributed by atoms with Crippen molar-refractivity contribution in [2.75, 3.05) is 0 Å². The molecular weight excluding hydrogens is 336 g/mol. The quantitative estimate of drug-likeness (QED) is 0.746. The zero-order valence-corrected chi connectivity index (χ0v) is 15.0. The number of hydrogen-bond donors (Lipinski definition) is 2. The highest BCUT2D eigenvalue weighted by Crippen LogP contribution is 2.41. The number of allylic oxidation sites excluding steroid dienone is 4. The van der Waals surface area contributed by atoms with Crippen LogP contribution in [0.2, 0.25) is 0 Å². The fraction of sp³-hybridized carbons (Fsp3) is 0.136. The first-order chi connectivity index (χ1) is 13.2. The molecule has 3 aromatic rings. The molecule has 1 atom stereocenters. The maximum absolute atomic E-state index is 12.7. The van der Waals surface area contributed by atoms with E-state index in [4.69, 9.17) is 0 Å². The zero-order chi connectivity index (χ0) is 18.7. The Labute approximate surface area is 157 Å². The molecule has 5 heteroatoms. The summed E-state index contributed by atoms with van der Waals surface area (Å²) in [7, 11) is 0. The van der Waals surface area contributed by atoms with Gasteiger partial charge in [0.25, 0.3) is 5.91 Å². The van der Waals surface area contributed by atoms with Crippen LogP contribution in [0.25, 0.3) is 5.57 Å². The van der Waals surface area contributed by atoms with Crippen molar-refractivity contribution in [3.63, 3.8) is 0 Å². The number of aromatic nitrogens is 3. The topological polar surface area (TPSA) is 70.7 Å². The van der Waals surface area contributed by atoms with Crippen molar-refractivity contribution in [2.45, 2.75) is 18.8 Å². The van der Waals surface area contributed by atoms with Crippen LogP contribution in [-0.4, -0.2) is 21.1 Å². The van der Waals surface area contributed by atoms with Crippen LogP contribution in [0.3, 0.4) is 0 Å². The van der Waals surface area contributed by atoms with E-state index >= 15 is 0 Å². The van der Waals surface area contributed by atoms with Crippen LogP contribution in [0.15, 0.2) is 85.0 Å². The summed E-state index contributed by atoms with van der Waals surface area (Å²) in [6, 6.07) is 15.8. The molecule has 4 rings (SSSR count). The van der Waals surface area contributed by atoms with E-state index in [1.807, 2.05) is 30.3 Å². The smallest absolute Gasteiger partial charge is 0.257 e. The van der Waals surface area contributed by atoms with Gasteiger partial charge in [-0.3, -0.25) is 14.9 Å². The number of aromatic amines is 1. The van der Waals surface area contributed by atoms with Gasteiger partial charge in [0.15, 0.2) is 0 Å². The number of H-pyrrole nitrogens is 1. The summed E-state index contributed by atoms with van der Waals surface area (Å²) in [6.07, 6.45) is 9.77. The Balaban J connectivity index is 1.71. The average Bonchev–Trinajstić information content (AvgIpc) is 3.26. The monoisotopic (exact) mass is 356 g/mol. The molecule has 0 radical (unpaired) electrons. The number of nitrogens with zero attached hydrogens (tertiary/aromatic N) is 2. The fourth-order valence-corrected chi connectivity index (χ4v) is 3.43. The summed E-state index contributed by atoms with van der Waals surface area (Å²) in [6.45, 7) is 2.12. The molecule has 1 amide bonds. The lowest BCUT2D eigenvalue weighted by molar-refractivity contribution is 0.0959. The number of benzene rings is 1. The van der Waals surface area contributed by atoms with Crippen LogP contribution in [0.1, 0.15) is 35.0 Å². The first-order valence-electron chi connectivity index (χ1n) is 8.85. The molecule has 0 fully saturated rings. The van der Waals surface area contributed by atoms with Crippen LogP contribution in [0, 0.1) is 0 Å². The second-order valence-corrected chi connectivity index (χ2v) is 6.81. The maximum atomic E-state index is 12.7. The summed E-state index contributed by atoms with van der Waals surface area (Å²) in [4.78, 5) is 16.7. The van der Waals surface area contributed by atoms with E-state index in [-0.39, 0.29) is 5.91 Å². The molecule has 0 bridgehead atoms. The third kappa shape index (κ3) is 3.31. The van der Waals surface area contributed by atoms with Crippen LogP contribution >= 0.6 is 0 Å². The largest absolute Gasteiger partial charge is 0.325 e. The van der Waals surface area contributed by atoms with E-state index < -0.39 is 5.41 Å². The number of hydrogen-bond acceptors (Lipinski definition) is 3. The van der Waals surface area contributed by atoms with Crippen molar-refractivity contribution in [1.82, 2.24) is 20.5 Å². The molecule has 1 aliphatic rings. The number of nitrogens with one attached hydrogen (secondary N) is 2. The summed E-state index contributed by atoms with van der Waals surface area (Å²) in [5, 5.41) is 10.3. The minimum Gasteiger partial charge on any atom is -0.325 e. The van der Waals surface area contributed by atoms with Crippen LogP contribution < -0.4 is 5.32 Å². The molecule has 5 nitrogen and oxygen atoms in total. The normalized spacial score (nSPS) is 19.1. The Morgan fingerprint density at radius 2 is 1.93 bits per heavy atom. The molecule has 134 valence electrons. The molecule has 0 aliphatic heterocycles. The molecule has 2 heterocycles. The van der Waals surface area contributed by atoms with Gasteiger partial charge in [-0.1, -0.05) is 36.4 Å². The van der Waals surface area contributed by atoms with E-state index in [1.165, 1.54) is 11.1 Å². The molecule has 0 saturated heterocycles. The second kappa shape index (κ2) is 7.03. The van der Waals surface area contributed by atoms with E-state index in [9.17, 15) is 4.79 Å². The van der Waals surface area contributed by atoms with E-state index in [2.05, 4.69) is 45.6 Å². The summed E-state index contributed by atoms with van der Waals surface area (Å²) in [5.74, 6) is -0.170. The SMILES string of the molecule is CC1(c2ccn[nH]2)CC(c2ccccc2)=CC=C1NC(=O)c1cccnc1. The van der Waals surface area contributed by atoms with Gasteiger partial charge in [-0.05, 0) is 48.8 Å². The van der Waals surface area contributed by atoms with E-state index in [0.29, 0.717) is 5.56 Å². The maximum Gasteiger partial charge on any atom is 0.257 e. The predicted molar refractivity (Wildman–Crippen MR) is 105 cm³/mol. The minimum absolute atomic E-state index is 0.170. The van der Waals surface area contributed by atoms with Crippen LogP contribution in [-0.2, 0) is 5.41 Å². The van der Waals surface area contributed by atoms with Crippen molar-refractivity contribution < 1.29 is 4.79 Å². The molecule has 0 saturated carbocycles. The van der Waals surface area contributed by atoms with Crippen molar-refractivity contribution in [2.24, 2.45) is 0 Å². The van der Waals surface area contributed by atoms with Crippen LogP contribution in [0.5, 0.6) is 0 Å². The number of carbonyl (C=O) groups is 1. The minimum atomic E-state index is -0.422. The molecule has 2 aromatic heterocycles. The lowest BCUT2D eigenvalue weighted by Gasteiger charge is -2.35. The highest BCUT2D eigenvalue weighted by atomic mass is 16.1. The molecule has 0 spiro atoms. The standard InChI is InChI=1S/C22H20N4O/c1-22(20-11-13-24-26-20)14-17(16-6-3-2-4-7-16)9-10-19(22)25-21(27)18-8-5-12-23-15-18/h2-13,15H,14H2,1H3,(H,24,26)(H,25,27). The number of rotatable bonds is 4. The first kappa shape index (κ1) is 17.0. The van der Waals surface area contributed by atoms with Gasteiger partial charge < -0.3 is 5.32 Å². The van der Waals surface area contributed by atoms with Crippen molar-refractivity contribution in [3.05, 3.63) is 102 Å². The molecule has 27 heavy (non-hydrogen) atoms. The average molecular weight is 356 g/mol. The van der Waals surface area contributed by atoms with Gasteiger partial charge in [-0.15, -0.1) is 0 Å². The summed E-state index contributed by atoms with van der Waals surface area (Å²) >= 11 is 0. The van der Waals surface area contributed by atoms with Gasteiger partial charge in [0.1, 0.15) is 0 Å². The van der Waals surface area contributed by atoms with Crippen molar-refractivity contribution in [1.29, 1.82) is 0 Å². The van der Waals surface area contributed by atoms with Gasteiger partial charge in [0, 0.05) is 30.0 Å². The molecule has 2 N–H and O–H groups in total. The number of carbonyl (C=O) groups excluding carboxylic acids is 1. The van der Waals surface area contributed by atoms with E-state index in [0.717, 1.165) is 17.8 Å². The van der Waals surface area contributed by atoms with Gasteiger partial charge in [0.05, 0.1) is 11.0 Å². The Bertz CT molecular complexity index is 991. The van der Waals surface area contributed by atoms with Crippen molar-refractivity contribution >= 4 is 11.5 Å². The summed E-state index contributed by atoms with van der Waals surface area (Å²) in [5.41, 5.74) is 4.29. The van der Waals surface area contributed by atoms with Gasteiger partial charge in [-0.25, -0.2) is 0 Å². The third-order valence-corrected chi connectivity index (χ3v) is 5.00. The Kier molecular flexibility index (Phi) is 4.42. The molecule has 1 aliphatic carbocycles. The lowest BCUT2D eigenvalue weighted by atomic mass is 9.73. The highest BCUT2D eigenvalue weighted by Gasteiger charge is 2.36. The number of pyridine rings is 1. The second-order valence-electron chi connectivity index (χ2n) is 6.81. The van der Waals surface area contributed by atoms with E-state index in [1.54, 1.807) is 30.7 Å². The highest BCUT2D eigenvalue weighted by molar-refractivity contribution is 5.95. The van der Waals surface area contributed by atoms with Gasteiger partial charge in [0.2, 0.25) is 0 Å².